The Morgan fingerprint density at radius 3 is 2.86 bits per heavy atom. The van der Waals surface area contributed by atoms with Crippen LogP contribution in [0.1, 0.15) is 6.92 Å². The van der Waals surface area contributed by atoms with Gasteiger partial charge in [-0.1, -0.05) is 0 Å². The Bertz CT molecular complexity index is 91.7. The summed E-state index contributed by atoms with van der Waals surface area (Å²) in [5.74, 6) is 0. The quantitative estimate of drug-likeness (QED) is 0.446. The minimum Gasteiger partial charge on any atom is -0.291 e. The van der Waals surface area contributed by atoms with E-state index in [-0.39, 0.29) is 0 Å². The Morgan fingerprint density at radius 1 is 2.00 bits per heavy atom. The number of hydrogen-bond acceptors (Lipinski definition) is 2. The van der Waals surface area contributed by atoms with Crippen LogP contribution < -0.4 is 5.32 Å². The van der Waals surface area contributed by atoms with Gasteiger partial charge in [0.25, 0.3) is 5.17 Å². The zero-order chi connectivity index (χ0) is 5.28. The van der Waals surface area contributed by atoms with Gasteiger partial charge in [-0.25, -0.2) is 5.41 Å². The smallest absolute Gasteiger partial charge is 0.253 e. The predicted molar refractivity (Wildman–Crippen MR) is 31.6 cm³/mol. The Hall–Kier alpha value is -0.0200. The van der Waals surface area contributed by atoms with Crippen LogP contribution in [0.2, 0.25) is 0 Å². The number of quaternary nitrogens is 1. The molecule has 2 nitrogen and oxygen atoms in total. The molecule has 3 N–H and O–H groups in total. The fraction of sp³-hybridized carbons (Fsp3) is 0.750. The lowest BCUT2D eigenvalue weighted by Crippen LogP contribution is -2.84. The van der Waals surface area contributed by atoms with E-state index in [4.69, 9.17) is 5.41 Å². The van der Waals surface area contributed by atoms with Gasteiger partial charge in [0, 0.05) is 0 Å². The van der Waals surface area contributed by atoms with Gasteiger partial charge < -0.3 is 0 Å². The van der Waals surface area contributed by atoms with E-state index in [9.17, 15) is 0 Å². The van der Waals surface area contributed by atoms with E-state index in [1.54, 1.807) is 11.8 Å². The highest BCUT2D eigenvalue weighted by atomic mass is 32.2. The van der Waals surface area contributed by atoms with Crippen molar-refractivity contribution in [2.75, 3.05) is 6.54 Å². The lowest BCUT2D eigenvalue weighted by atomic mass is 10.5. The summed E-state index contributed by atoms with van der Waals surface area (Å²) in [6.45, 7) is 3.23. The molecule has 1 aliphatic heterocycles. The Morgan fingerprint density at radius 2 is 2.71 bits per heavy atom. The number of nitrogens with two attached hydrogens (primary N) is 1. The first-order chi connectivity index (χ1) is 3.29. The Labute approximate surface area is 47.2 Å². The maximum absolute atomic E-state index is 7.09. The molecule has 1 atom stereocenters. The van der Waals surface area contributed by atoms with Crippen molar-refractivity contribution in [1.29, 1.82) is 5.41 Å². The molecule has 0 radical (unpaired) electrons. The van der Waals surface area contributed by atoms with Crippen LogP contribution in [0.5, 0.6) is 0 Å². The van der Waals surface area contributed by atoms with Crippen molar-refractivity contribution >= 4 is 16.9 Å². The van der Waals surface area contributed by atoms with Gasteiger partial charge in [0.2, 0.25) is 0 Å². The lowest BCUT2D eigenvalue weighted by Gasteiger charge is -1.84. The van der Waals surface area contributed by atoms with E-state index < -0.39 is 0 Å². The maximum Gasteiger partial charge on any atom is 0.253 e. The van der Waals surface area contributed by atoms with E-state index in [0.717, 1.165) is 11.7 Å². The second-order valence-electron chi connectivity index (χ2n) is 1.73. The van der Waals surface area contributed by atoms with Gasteiger partial charge in [0.15, 0.2) is 0 Å². The fourth-order valence-electron chi connectivity index (χ4n) is 0.586. The summed E-state index contributed by atoms with van der Waals surface area (Å²) in [5, 5.41) is 10.5. The number of rotatable bonds is 0. The highest BCUT2D eigenvalue weighted by molar-refractivity contribution is 8.14. The van der Waals surface area contributed by atoms with E-state index in [2.05, 4.69) is 6.92 Å². The predicted octanol–water partition coefficient (Wildman–Crippen LogP) is -0.380. The summed E-state index contributed by atoms with van der Waals surface area (Å²) >= 11 is 1.65. The molecule has 1 fully saturated rings. The van der Waals surface area contributed by atoms with E-state index in [1.807, 2.05) is 5.32 Å². The third-order valence-electron chi connectivity index (χ3n) is 0.963. The van der Waals surface area contributed by atoms with Crippen LogP contribution in [0.15, 0.2) is 0 Å². The topological polar surface area (TPSA) is 40.5 Å². The molecule has 0 spiro atoms. The monoisotopic (exact) mass is 117 g/mol. The van der Waals surface area contributed by atoms with Gasteiger partial charge in [-0.05, 0) is 18.7 Å². The van der Waals surface area contributed by atoms with Crippen molar-refractivity contribution in [2.45, 2.75) is 12.2 Å². The van der Waals surface area contributed by atoms with Crippen molar-refractivity contribution in [3.63, 3.8) is 0 Å². The number of amidine groups is 1. The van der Waals surface area contributed by atoms with Crippen molar-refractivity contribution < 1.29 is 5.32 Å². The summed E-state index contributed by atoms with van der Waals surface area (Å²) in [7, 11) is 0. The van der Waals surface area contributed by atoms with Crippen LogP contribution in [0, 0.1) is 5.41 Å². The van der Waals surface area contributed by atoms with Gasteiger partial charge in [-0.15, -0.1) is 0 Å². The first-order valence-electron chi connectivity index (χ1n) is 2.37. The third kappa shape index (κ3) is 1.17. The van der Waals surface area contributed by atoms with Crippen molar-refractivity contribution in [3.05, 3.63) is 0 Å². The van der Waals surface area contributed by atoms with Gasteiger partial charge in [0.1, 0.15) is 0 Å². The molecule has 0 aromatic carbocycles. The second-order valence-corrected chi connectivity index (χ2v) is 3.21. The number of nitrogens with one attached hydrogen (secondary N) is 1. The minimum atomic E-state index is 0.660. The molecular formula is C4H9N2S+. The summed E-state index contributed by atoms with van der Waals surface area (Å²) < 4.78 is 0. The normalized spacial score (nSPS) is 31.6. The molecule has 1 rings (SSSR count). The van der Waals surface area contributed by atoms with Crippen LogP contribution >= 0.6 is 11.8 Å². The van der Waals surface area contributed by atoms with E-state index >= 15 is 0 Å². The molecule has 1 aliphatic rings. The molecule has 0 saturated carbocycles. The SMILES string of the molecule is CC1C[NH2+]C(=N)S1. The molecule has 0 aromatic heterocycles. The van der Waals surface area contributed by atoms with E-state index in [1.165, 1.54) is 0 Å². The average Bonchev–Trinajstić information content (AvgIpc) is 1.87. The maximum atomic E-state index is 7.09. The van der Waals surface area contributed by atoms with Gasteiger partial charge in [0.05, 0.1) is 11.8 Å². The van der Waals surface area contributed by atoms with E-state index in [0.29, 0.717) is 5.25 Å². The average molecular weight is 117 g/mol. The molecule has 1 heterocycles. The number of thioether (sulfide) groups is 1. The van der Waals surface area contributed by atoms with Gasteiger partial charge in [-0.3, -0.25) is 5.32 Å². The molecule has 40 valence electrons. The molecule has 0 aliphatic carbocycles. The second kappa shape index (κ2) is 1.84. The van der Waals surface area contributed by atoms with Crippen molar-refractivity contribution in [3.8, 4) is 0 Å². The zero-order valence-corrected chi connectivity index (χ0v) is 5.09. The van der Waals surface area contributed by atoms with Crippen LogP contribution in [0.4, 0.5) is 0 Å². The summed E-state index contributed by atoms with van der Waals surface area (Å²) in [4.78, 5) is 0. The van der Waals surface area contributed by atoms with Crippen molar-refractivity contribution in [1.82, 2.24) is 0 Å². The molecule has 1 unspecified atom stereocenters. The van der Waals surface area contributed by atoms with Crippen LogP contribution in [-0.2, 0) is 0 Å². The first-order valence-corrected chi connectivity index (χ1v) is 3.25. The molecular weight excluding hydrogens is 108 g/mol. The zero-order valence-electron chi connectivity index (χ0n) is 4.27. The number of hydrogen-bond donors (Lipinski definition) is 2. The molecule has 0 bridgehead atoms. The van der Waals surface area contributed by atoms with Crippen molar-refractivity contribution in [2.24, 2.45) is 0 Å². The van der Waals surface area contributed by atoms with Crippen LogP contribution in [0.3, 0.4) is 0 Å². The standard InChI is InChI=1S/C4H8N2S/c1-3-2-6-4(5)7-3/h3H,2H2,1H3,(H2,5,6)/p+1. The van der Waals surface area contributed by atoms with Gasteiger partial charge in [-0.2, -0.15) is 0 Å². The Balaban J connectivity index is 2.40. The summed E-state index contributed by atoms with van der Waals surface area (Å²) in [5.41, 5.74) is 0. The fourth-order valence-corrected chi connectivity index (χ4v) is 1.40. The largest absolute Gasteiger partial charge is 0.291 e. The highest BCUT2D eigenvalue weighted by Crippen LogP contribution is 2.09. The Kier molecular flexibility index (Phi) is 1.35. The lowest BCUT2D eigenvalue weighted by molar-refractivity contribution is -0.529. The molecule has 0 aromatic rings. The molecule has 7 heavy (non-hydrogen) atoms. The van der Waals surface area contributed by atoms with Gasteiger partial charge >= 0.3 is 0 Å². The molecule has 3 heteroatoms. The third-order valence-corrected chi connectivity index (χ3v) is 1.98. The highest BCUT2D eigenvalue weighted by Gasteiger charge is 2.18. The molecule has 0 amide bonds. The van der Waals surface area contributed by atoms with Crippen LogP contribution in [-0.4, -0.2) is 17.0 Å². The molecule has 1 saturated heterocycles. The summed E-state index contributed by atoms with van der Waals surface area (Å²) in [6, 6.07) is 0. The minimum absolute atomic E-state index is 0.660. The summed E-state index contributed by atoms with van der Waals surface area (Å²) in [6.07, 6.45) is 0. The van der Waals surface area contributed by atoms with Crippen LogP contribution in [0.25, 0.3) is 0 Å². The first kappa shape index (κ1) is 5.12.